The summed E-state index contributed by atoms with van der Waals surface area (Å²) in [5.74, 6) is 0.732. The van der Waals surface area contributed by atoms with E-state index < -0.39 is 36.2 Å². The summed E-state index contributed by atoms with van der Waals surface area (Å²) in [6.45, 7) is 9.03. The second kappa shape index (κ2) is 13.3. The third kappa shape index (κ3) is 8.67. The van der Waals surface area contributed by atoms with E-state index in [-0.39, 0.29) is 18.6 Å². The lowest BCUT2D eigenvalue weighted by molar-refractivity contribution is -0.212. The molecule has 4 rings (SSSR count). The number of aliphatic hydroxyl groups excluding tert-OH is 1. The van der Waals surface area contributed by atoms with Gasteiger partial charge in [-0.1, -0.05) is 62.2 Å². The topological polar surface area (TPSA) is 103 Å². The molecule has 4 atom stereocenters. The van der Waals surface area contributed by atoms with Crippen LogP contribution in [0.3, 0.4) is 0 Å². The molecule has 0 radical (unpaired) electrons. The van der Waals surface area contributed by atoms with Gasteiger partial charge in [-0.15, -0.1) is 0 Å². The van der Waals surface area contributed by atoms with Crippen molar-refractivity contribution < 1.29 is 28.8 Å². The summed E-state index contributed by atoms with van der Waals surface area (Å²) < 4.78 is 23.8. The molecule has 1 heterocycles. The van der Waals surface area contributed by atoms with Crippen molar-refractivity contribution in [2.45, 2.75) is 96.5 Å². The summed E-state index contributed by atoms with van der Waals surface area (Å²) >= 11 is 0. The Labute approximate surface area is 238 Å². The van der Waals surface area contributed by atoms with Crippen LogP contribution >= 0.6 is 0 Å². The summed E-state index contributed by atoms with van der Waals surface area (Å²) in [5, 5.41) is 11.3. The average molecular weight is 555 g/mol. The van der Waals surface area contributed by atoms with Crippen LogP contribution in [0.25, 0.3) is 0 Å². The van der Waals surface area contributed by atoms with Crippen molar-refractivity contribution in [3.8, 4) is 5.75 Å². The molecule has 1 saturated heterocycles. The molecule has 220 valence electrons. The molecule has 0 spiro atoms. The minimum Gasteiger partial charge on any atom is -0.489 e. The lowest BCUT2D eigenvalue weighted by Crippen LogP contribution is -2.62. The van der Waals surface area contributed by atoms with Gasteiger partial charge in [-0.25, -0.2) is 4.79 Å². The highest BCUT2D eigenvalue weighted by Gasteiger charge is 2.41. The fourth-order valence-electron chi connectivity index (χ4n) is 5.41. The van der Waals surface area contributed by atoms with Gasteiger partial charge in [0.05, 0.1) is 31.9 Å². The molecule has 1 aliphatic heterocycles. The number of morpholine rings is 1. The highest BCUT2D eigenvalue weighted by molar-refractivity contribution is 5.69. The van der Waals surface area contributed by atoms with Crippen molar-refractivity contribution in [1.82, 2.24) is 4.90 Å². The van der Waals surface area contributed by atoms with E-state index in [1.165, 1.54) is 17.7 Å². The first-order valence-electron chi connectivity index (χ1n) is 14.4. The first kappa shape index (κ1) is 30.3. The predicted octanol–water partition coefficient (Wildman–Crippen LogP) is 5.06. The Morgan fingerprint density at radius 2 is 1.82 bits per heavy atom. The Morgan fingerprint density at radius 1 is 1.12 bits per heavy atom. The third-order valence-electron chi connectivity index (χ3n) is 7.71. The lowest BCUT2D eigenvalue weighted by atomic mass is 9.90. The summed E-state index contributed by atoms with van der Waals surface area (Å²) in [5.41, 5.74) is 8.00. The Kier molecular flexibility index (Phi) is 10.1. The highest BCUT2D eigenvalue weighted by atomic mass is 16.7. The predicted molar refractivity (Wildman–Crippen MR) is 154 cm³/mol. The number of hydrogen-bond donors (Lipinski definition) is 2. The molecule has 2 aromatic rings. The summed E-state index contributed by atoms with van der Waals surface area (Å²) in [4.78, 5) is 14.8. The Bertz CT molecular complexity index is 1080. The Morgan fingerprint density at radius 3 is 2.52 bits per heavy atom. The van der Waals surface area contributed by atoms with Crippen LogP contribution in [0.1, 0.15) is 64.5 Å². The second-order valence-corrected chi connectivity index (χ2v) is 12.6. The average Bonchev–Trinajstić information content (AvgIpc) is 3.36. The minimum atomic E-state index is -1.03. The molecule has 2 aliphatic rings. The van der Waals surface area contributed by atoms with E-state index in [4.69, 9.17) is 24.7 Å². The molecule has 1 saturated carbocycles. The molecule has 8 nitrogen and oxygen atoms in total. The van der Waals surface area contributed by atoms with E-state index in [0.717, 1.165) is 29.7 Å². The van der Waals surface area contributed by atoms with Crippen molar-refractivity contribution in [3.63, 3.8) is 0 Å². The van der Waals surface area contributed by atoms with Crippen LogP contribution in [-0.4, -0.2) is 65.9 Å². The van der Waals surface area contributed by atoms with Gasteiger partial charge in [0.15, 0.2) is 6.29 Å². The molecule has 2 unspecified atom stereocenters. The maximum atomic E-state index is 13.2. The fourth-order valence-corrected chi connectivity index (χ4v) is 5.41. The van der Waals surface area contributed by atoms with Gasteiger partial charge in [-0.05, 0) is 68.7 Å². The number of nitrogens with zero attached hydrogens (tertiary/aromatic N) is 1. The molecule has 0 aromatic heterocycles. The van der Waals surface area contributed by atoms with E-state index in [1.807, 2.05) is 75.4 Å². The molecule has 1 aliphatic carbocycles. The number of carbonyl (C=O) groups is 1. The van der Waals surface area contributed by atoms with Gasteiger partial charge in [0.2, 0.25) is 0 Å². The van der Waals surface area contributed by atoms with Crippen LogP contribution in [0.15, 0.2) is 54.6 Å². The number of hydrogen-bond acceptors (Lipinski definition) is 7. The van der Waals surface area contributed by atoms with Gasteiger partial charge in [-0.3, -0.25) is 4.90 Å². The van der Waals surface area contributed by atoms with E-state index in [2.05, 4.69) is 6.92 Å². The number of aliphatic hydroxyl groups is 1. The van der Waals surface area contributed by atoms with Crippen LogP contribution < -0.4 is 10.5 Å². The molecule has 40 heavy (non-hydrogen) atoms. The number of nitrogens with two attached hydrogens (primary N) is 1. The Hall–Kier alpha value is -2.65. The molecule has 2 aromatic carbocycles. The first-order valence-corrected chi connectivity index (χ1v) is 14.4. The number of carbonyl (C=O) groups excluding carboxylic acids is 1. The van der Waals surface area contributed by atoms with E-state index in [9.17, 15) is 9.90 Å². The first-order chi connectivity index (χ1) is 19.0. The zero-order valence-electron chi connectivity index (χ0n) is 24.4. The van der Waals surface area contributed by atoms with Gasteiger partial charge in [-0.2, -0.15) is 0 Å². The van der Waals surface area contributed by atoms with Crippen molar-refractivity contribution >= 4 is 6.09 Å². The number of ether oxygens (including phenoxy) is 4. The normalized spacial score (nSPS) is 22.5. The molecular weight excluding hydrogens is 508 g/mol. The fraction of sp³-hybridized carbons (Fsp3) is 0.594. The number of rotatable bonds is 10. The SMILES string of the molecule is CC1(CO[C@H]2CN(C(=O)OC(C)(C)C)[C@@H](C(O)C(N)Cc3cccc(OCc4ccccc4)c3)CO2)CCCC1. The minimum absolute atomic E-state index is 0.107. The number of benzene rings is 2. The maximum absolute atomic E-state index is 13.2. The van der Waals surface area contributed by atoms with Crippen LogP contribution in [0.2, 0.25) is 0 Å². The summed E-state index contributed by atoms with van der Waals surface area (Å²) in [7, 11) is 0. The molecular formula is C32H46N2O6. The van der Waals surface area contributed by atoms with Crippen molar-refractivity contribution in [2.24, 2.45) is 11.1 Å². The van der Waals surface area contributed by atoms with Gasteiger partial charge < -0.3 is 29.8 Å². The molecule has 2 fully saturated rings. The zero-order valence-corrected chi connectivity index (χ0v) is 24.4. The molecule has 3 N–H and O–H groups in total. The standard InChI is InChI=1S/C32H46N2O6/c1-31(2,3)40-30(36)34-19-28(39-22-32(4)15-8-9-16-32)38-21-27(34)29(35)26(33)18-24-13-10-14-25(17-24)37-20-23-11-6-5-7-12-23/h5-7,10-14,17,26-29,35H,8-9,15-16,18-22,33H2,1-4H3/t26?,27-,28+,29?/m1/s1. The Balaban J connectivity index is 1.38. The lowest BCUT2D eigenvalue weighted by Gasteiger charge is -2.43. The van der Waals surface area contributed by atoms with Gasteiger partial charge >= 0.3 is 6.09 Å². The van der Waals surface area contributed by atoms with Crippen LogP contribution in [0.4, 0.5) is 4.79 Å². The van der Waals surface area contributed by atoms with Crippen LogP contribution in [0.5, 0.6) is 5.75 Å². The smallest absolute Gasteiger partial charge is 0.410 e. The van der Waals surface area contributed by atoms with Crippen molar-refractivity contribution in [1.29, 1.82) is 0 Å². The van der Waals surface area contributed by atoms with E-state index in [1.54, 1.807) is 0 Å². The van der Waals surface area contributed by atoms with Crippen molar-refractivity contribution in [3.05, 3.63) is 65.7 Å². The molecule has 8 heteroatoms. The van der Waals surface area contributed by atoms with E-state index in [0.29, 0.717) is 19.6 Å². The summed E-state index contributed by atoms with van der Waals surface area (Å²) in [6.07, 6.45) is 2.96. The van der Waals surface area contributed by atoms with Crippen LogP contribution in [-0.2, 0) is 27.2 Å². The molecule has 0 bridgehead atoms. The largest absolute Gasteiger partial charge is 0.489 e. The van der Waals surface area contributed by atoms with Gasteiger partial charge in [0, 0.05) is 6.04 Å². The van der Waals surface area contributed by atoms with Gasteiger partial charge in [0.25, 0.3) is 0 Å². The summed E-state index contributed by atoms with van der Waals surface area (Å²) in [6, 6.07) is 16.4. The third-order valence-corrected chi connectivity index (χ3v) is 7.71. The van der Waals surface area contributed by atoms with Crippen LogP contribution in [0, 0.1) is 5.41 Å². The van der Waals surface area contributed by atoms with E-state index >= 15 is 0 Å². The van der Waals surface area contributed by atoms with Crippen molar-refractivity contribution in [2.75, 3.05) is 19.8 Å². The maximum Gasteiger partial charge on any atom is 0.410 e. The quantitative estimate of drug-likeness (QED) is 0.423. The monoisotopic (exact) mass is 554 g/mol. The van der Waals surface area contributed by atoms with Gasteiger partial charge in [0.1, 0.15) is 18.0 Å². The second-order valence-electron chi connectivity index (χ2n) is 12.6. The molecule has 1 amide bonds. The zero-order chi connectivity index (χ0) is 28.8. The number of amides is 1. The highest BCUT2D eigenvalue weighted by Crippen LogP contribution is 2.38.